The molecule has 0 aromatic heterocycles. The van der Waals surface area contributed by atoms with E-state index in [1.165, 1.54) is 26.0 Å². The summed E-state index contributed by atoms with van der Waals surface area (Å²) in [7, 11) is -13.2. The van der Waals surface area contributed by atoms with Gasteiger partial charge in [0, 0.05) is 58.8 Å². The molecule has 0 amide bonds. The molecule has 2 aliphatic heterocycles. The lowest BCUT2D eigenvalue weighted by molar-refractivity contribution is -0.438. The summed E-state index contributed by atoms with van der Waals surface area (Å²) < 4.78 is 128. The van der Waals surface area contributed by atoms with Gasteiger partial charge in [0.05, 0.1) is 31.4 Å². The van der Waals surface area contributed by atoms with E-state index < -0.39 is 62.8 Å². The van der Waals surface area contributed by atoms with Gasteiger partial charge in [0.1, 0.15) is 0 Å². The first-order valence-corrected chi connectivity index (χ1v) is 30.1. The van der Waals surface area contributed by atoms with Gasteiger partial charge in [-0.25, -0.2) is 4.21 Å². The van der Waals surface area contributed by atoms with Gasteiger partial charge < -0.3 is 14.4 Å². The van der Waals surface area contributed by atoms with Crippen LogP contribution in [0.3, 0.4) is 0 Å². The standard InChI is InChI=1S/C57H59N3O11S4/c1-37(73(63,64)65)31-33-58-49-27-19-41-35-45(72(61)62)23-25-47(41)53(49)56(3,4)51(58)29-21-39-17-18-40(55(39)60(43-13-9-7-10-14-43)44-15-11-8-12-16-44)22-30-52-57(5,6)54-48-26-24-46(75(69,70)71)36-42(48)20-28-50(54)59(52)34-32-38(2)74(66,67)68/h7-16,19-30,35-38H,17-18,31-34H2,1-6H3,(H3-,61,62,63,64,65,66,67,68,69,70,71)/p+1. The number of allylic oxidation sites excluding steroid dienone is 7. The molecule has 1 aliphatic carbocycles. The zero-order valence-corrected chi connectivity index (χ0v) is 45.6. The quantitative estimate of drug-likeness (QED) is 0.0404. The highest BCUT2D eigenvalue weighted by atomic mass is 32.2. The summed E-state index contributed by atoms with van der Waals surface area (Å²) in [6.45, 7) is 11.8. The molecule has 4 N–H and O–H groups in total. The van der Waals surface area contributed by atoms with Gasteiger partial charge in [0.25, 0.3) is 30.4 Å². The van der Waals surface area contributed by atoms with Crippen molar-refractivity contribution >= 4 is 91.4 Å². The van der Waals surface area contributed by atoms with Gasteiger partial charge in [-0.05, 0) is 152 Å². The second-order valence-corrected chi connectivity index (χ2v) is 26.6. The molecule has 14 nitrogen and oxygen atoms in total. The van der Waals surface area contributed by atoms with Gasteiger partial charge in [0.15, 0.2) is 23.3 Å². The fourth-order valence-electron chi connectivity index (χ4n) is 11.1. The molecule has 3 unspecified atom stereocenters. The highest BCUT2D eigenvalue weighted by molar-refractivity contribution is 7.86. The van der Waals surface area contributed by atoms with E-state index in [2.05, 4.69) is 90.6 Å². The Labute approximate surface area is 441 Å². The van der Waals surface area contributed by atoms with E-state index in [0.717, 1.165) is 78.3 Å². The topological polar surface area (TPSA) is 210 Å². The molecule has 75 heavy (non-hydrogen) atoms. The van der Waals surface area contributed by atoms with Crippen molar-refractivity contribution in [2.75, 3.05) is 22.9 Å². The average Bonchev–Trinajstić information content (AvgIpc) is 3.93. The number of rotatable bonds is 16. The number of anilines is 3. The Bertz CT molecular complexity index is 3790. The highest BCUT2D eigenvalue weighted by Gasteiger charge is 2.46. The molecule has 3 aliphatic rings. The number of hydrogen-bond acceptors (Lipinski definition) is 9. The molecular weight excluding hydrogens is 1030 g/mol. The third-order valence-electron chi connectivity index (χ3n) is 15.1. The minimum absolute atomic E-state index is 0.100. The molecule has 392 valence electrons. The summed E-state index contributed by atoms with van der Waals surface area (Å²) in [6.07, 6.45) is 9.89. The van der Waals surface area contributed by atoms with Crippen LogP contribution in [-0.2, 0) is 52.3 Å². The zero-order chi connectivity index (χ0) is 54.0. The molecule has 0 saturated carbocycles. The lowest BCUT2D eigenvalue weighted by Gasteiger charge is -2.29. The third-order valence-corrected chi connectivity index (χ3v) is 19.1. The second-order valence-electron chi connectivity index (χ2n) is 20.5. The number of fused-ring (bicyclic) bond motifs is 6. The normalized spacial score (nSPS) is 18.9. The molecular formula is C57H60N3O11S4+. The van der Waals surface area contributed by atoms with E-state index in [1.807, 2.05) is 60.7 Å². The fraction of sp³-hybridized carbons (Fsp3) is 0.281. The first kappa shape index (κ1) is 53.7. The smallest absolute Gasteiger partial charge is 0.294 e. The Hall–Kier alpha value is -6.09. The van der Waals surface area contributed by atoms with E-state index in [4.69, 9.17) is 0 Å². The minimum atomic E-state index is -4.49. The predicted molar refractivity (Wildman–Crippen MR) is 298 cm³/mol. The van der Waals surface area contributed by atoms with Gasteiger partial charge in [-0.2, -0.15) is 29.8 Å². The predicted octanol–water partition coefficient (Wildman–Crippen LogP) is 11.6. The van der Waals surface area contributed by atoms with Crippen molar-refractivity contribution in [1.82, 2.24) is 0 Å². The molecule has 3 atom stereocenters. The van der Waals surface area contributed by atoms with E-state index >= 15 is 0 Å². The Kier molecular flexibility index (Phi) is 14.4. The van der Waals surface area contributed by atoms with Crippen LogP contribution in [0.1, 0.15) is 78.4 Å². The van der Waals surface area contributed by atoms with Crippen LogP contribution in [0.5, 0.6) is 0 Å². The van der Waals surface area contributed by atoms with Crippen LogP contribution in [0, 0.1) is 0 Å². The van der Waals surface area contributed by atoms with Crippen molar-refractivity contribution in [3.05, 3.63) is 179 Å². The first-order chi connectivity index (χ1) is 35.3. The Morgan fingerprint density at radius 3 is 1.88 bits per heavy atom. The van der Waals surface area contributed by atoms with E-state index in [1.54, 1.807) is 24.3 Å². The lowest BCUT2D eigenvalue weighted by atomic mass is 9.79. The fourth-order valence-corrected chi connectivity index (χ4v) is 12.8. The van der Waals surface area contributed by atoms with Crippen LogP contribution in [-0.4, -0.2) is 81.5 Å². The molecule has 0 saturated heterocycles. The SMILES string of the molecule is CC(CCN1/C(=C\C=C2/CCC(/C=C/C3=[N+](CCC(C)S(=O)(=O)O)c4ccc5cc(S(=O)(=O)O)ccc5c4C3(C)C)=C2N(c2ccccc2)c2ccccc2)C(C)(C)c2c1ccc1cc(S(=O)O)ccc21)S(=O)(=O)O. The zero-order valence-electron chi connectivity index (χ0n) is 42.4. The van der Waals surface area contributed by atoms with Gasteiger partial charge in [-0.3, -0.25) is 13.7 Å². The summed E-state index contributed by atoms with van der Waals surface area (Å²) in [5, 5.41) is 0.927. The molecule has 0 spiro atoms. The van der Waals surface area contributed by atoms with E-state index in [0.29, 0.717) is 18.2 Å². The Morgan fingerprint density at radius 1 is 0.680 bits per heavy atom. The van der Waals surface area contributed by atoms with E-state index in [9.17, 15) is 47.7 Å². The molecule has 18 heteroatoms. The summed E-state index contributed by atoms with van der Waals surface area (Å²) in [4.78, 5) is 4.38. The van der Waals surface area contributed by atoms with E-state index in [-0.39, 0.29) is 35.7 Å². The molecule has 6 aromatic rings. The second kappa shape index (κ2) is 20.1. The molecule has 0 radical (unpaired) electrons. The molecule has 2 heterocycles. The maximum atomic E-state index is 12.3. The van der Waals surface area contributed by atoms with Crippen LogP contribution in [0.2, 0.25) is 0 Å². The number of hydrogen-bond donors (Lipinski definition) is 4. The summed E-state index contributed by atoms with van der Waals surface area (Å²) >= 11 is -2.19. The maximum Gasteiger partial charge on any atom is 0.294 e. The number of benzene rings is 6. The van der Waals surface area contributed by atoms with Crippen LogP contribution >= 0.6 is 0 Å². The molecule has 0 bridgehead atoms. The van der Waals surface area contributed by atoms with Crippen molar-refractivity contribution < 1.29 is 52.2 Å². The van der Waals surface area contributed by atoms with Gasteiger partial charge in [-0.1, -0.05) is 80.6 Å². The van der Waals surface area contributed by atoms with Gasteiger partial charge >= 0.3 is 0 Å². The number of nitrogens with zero attached hydrogens (tertiary/aromatic N) is 3. The van der Waals surface area contributed by atoms with Crippen molar-refractivity contribution in [1.29, 1.82) is 0 Å². The molecule has 9 rings (SSSR count). The molecule has 0 fully saturated rings. The van der Waals surface area contributed by atoms with Crippen molar-refractivity contribution in [2.45, 2.75) is 98.3 Å². The highest BCUT2D eigenvalue weighted by Crippen LogP contribution is 2.52. The largest absolute Gasteiger partial charge is 0.344 e. The summed E-state index contributed by atoms with van der Waals surface area (Å²) in [5.74, 6) is 0. The Morgan fingerprint density at radius 2 is 1.27 bits per heavy atom. The maximum absolute atomic E-state index is 12.3. The van der Waals surface area contributed by atoms with Crippen LogP contribution in [0.25, 0.3) is 21.5 Å². The third kappa shape index (κ3) is 10.3. The molecule has 6 aromatic carbocycles. The summed E-state index contributed by atoms with van der Waals surface area (Å²) in [6, 6.07) is 37.3. The average molecular weight is 1090 g/mol. The monoisotopic (exact) mass is 1090 g/mol. The van der Waals surface area contributed by atoms with Crippen LogP contribution in [0.15, 0.2) is 178 Å². The van der Waals surface area contributed by atoms with Gasteiger partial charge in [-0.15, -0.1) is 0 Å². The summed E-state index contributed by atoms with van der Waals surface area (Å²) in [5.41, 5.74) is 8.60. The van der Waals surface area contributed by atoms with Crippen molar-refractivity contribution in [3.8, 4) is 0 Å². The number of para-hydroxylation sites is 2. The van der Waals surface area contributed by atoms with Gasteiger partial charge in [0.2, 0.25) is 5.69 Å². The van der Waals surface area contributed by atoms with Crippen molar-refractivity contribution in [3.63, 3.8) is 0 Å². The van der Waals surface area contributed by atoms with Crippen molar-refractivity contribution in [2.24, 2.45) is 0 Å². The minimum Gasteiger partial charge on any atom is -0.344 e. The lowest BCUT2D eigenvalue weighted by Crippen LogP contribution is -2.30. The Balaban J connectivity index is 1.23. The first-order valence-electron chi connectivity index (χ1n) is 24.6. The van der Waals surface area contributed by atoms with Crippen LogP contribution < -0.4 is 9.80 Å². The van der Waals surface area contributed by atoms with Crippen LogP contribution in [0.4, 0.5) is 22.7 Å².